The van der Waals surface area contributed by atoms with Crippen LogP contribution in [0.25, 0.3) is 0 Å². The fourth-order valence-corrected chi connectivity index (χ4v) is 2.35. The van der Waals surface area contributed by atoms with E-state index in [0.29, 0.717) is 6.61 Å². The average Bonchev–Trinajstić information content (AvgIpc) is 2.29. The minimum absolute atomic E-state index is 0.178. The molecule has 0 heterocycles. The van der Waals surface area contributed by atoms with Crippen LogP contribution in [-0.4, -0.2) is 45.5 Å². The maximum atomic E-state index is 11.9. The molecule has 0 saturated heterocycles. The lowest BCUT2D eigenvalue weighted by Crippen LogP contribution is -2.14. The molecule has 0 unspecified atom stereocenters. The van der Waals surface area contributed by atoms with E-state index in [-0.39, 0.29) is 33.0 Å². The van der Waals surface area contributed by atoms with Gasteiger partial charge in [-0.05, 0) is 20.8 Å². The van der Waals surface area contributed by atoms with Gasteiger partial charge in [0, 0.05) is 0 Å². The van der Waals surface area contributed by atoms with Crippen LogP contribution in [0.1, 0.15) is 20.8 Å². The van der Waals surface area contributed by atoms with Crippen LogP contribution in [0, 0.1) is 0 Å². The van der Waals surface area contributed by atoms with Crippen molar-refractivity contribution in [3.63, 3.8) is 0 Å². The third kappa shape index (κ3) is 8.60. The summed E-state index contributed by atoms with van der Waals surface area (Å²) in [5, 5.41) is 0. The van der Waals surface area contributed by atoms with Gasteiger partial charge < -0.3 is 23.3 Å². The van der Waals surface area contributed by atoms with E-state index in [1.165, 1.54) is 0 Å². The van der Waals surface area contributed by atoms with Gasteiger partial charge in [0.2, 0.25) is 0 Å². The summed E-state index contributed by atoms with van der Waals surface area (Å²) in [4.78, 5) is 10.9. The molecule has 0 aliphatic rings. The van der Waals surface area contributed by atoms with E-state index in [0.717, 1.165) is 0 Å². The highest BCUT2D eigenvalue weighted by Crippen LogP contribution is 2.47. The highest BCUT2D eigenvalue weighted by Gasteiger charge is 2.23. The summed E-state index contributed by atoms with van der Waals surface area (Å²) in [5.41, 5.74) is 0. The molecule has 0 rings (SSSR count). The first kappa shape index (κ1) is 17.5. The first-order valence-corrected chi connectivity index (χ1v) is 7.50. The normalized spacial score (nSPS) is 11.5. The Morgan fingerprint density at radius 1 is 1.00 bits per heavy atom. The van der Waals surface area contributed by atoms with Gasteiger partial charge in [0.05, 0.1) is 19.8 Å². The molecule has 0 aromatic rings. The fourth-order valence-electron chi connectivity index (χ4n) is 1.04. The third-order valence-electron chi connectivity index (χ3n) is 1.59. The highest BCUT2D eigenvalue weighted by molar-refractivity contribution is 7.53. The summed E-state index contributed by atoms with van der Waals surface area (Å²) in [7, 11) is -3.21. The first-order valence-electron chi connectivity index (χ1n) is 5.77. The van der Waals surface area contributed by atoms with Crippen molar-refractivity contribution >= 4 is 13.6 Å². The zero-order valence-electron chi connectivity index (χ0n) is 11.0. The van der Waals surface area contributed by atoms with Crippen molar-refractivity contribution in [2.75, 3.05) is 39.6 Å². The van der Waals surface area contributed by atoms with E-state index < -0.39 is 13.6 Å². The molecule has 0 atom stereocenters. The predicted octanol–water partition coefficient (Wildman–Crippen LogP) is 1.76. The van der Waals surface area contributed by atoms with Gasteiger partial charge in [-0.15, -0.1) is 0 Å². The third-order valence-corrected chi connectivity index (χ3v) is 3.39. The van der Waals surface area contributed by atoms with Gasteiger partial charge in [0.1, 0.15) is 13.4 Å². The van der Waals surface area contributed by atoms with Crippen LogP contribution < -0.4 is 0 Å². The Labute approximate surface area is 107 Å². The van der Waals surface area contributed by atoms with Gasteiger partial charge in [-0.2, -0.15) is 0 Å². The van der Waals surface area contributed by atoms with E-state index in [4.69, 9.17) is 18.5 Å². The maximum absolute atomic E-state index is 11.9. The van der Waals surface area contributed by atoms with E-state index in [2.05, 4.69) is 4.74 Å². The molecule has 0 bridgehead atoms. The van der Waals surface area contributed by atoms with Crippen molar-refractivity contribution < 1.29 is 32.6 Å². The van der Waals surface area contributed by atoms with Crippen molar-refractivity contribution in [3.05, 3.63) is 0 Å². The summed E-state index contributed by atoms with van der Waals surface area (Å²) in [6.07, 6.45) is -0.211. The van der Waals surface area contributed by atoms with E-state index in [1.54, 1.807) is 20.8 Å². The Balaban J connectivity index is 3.73. The molecular formula is C10H21O7P. The maximum Gasteiger partial charge on any atom is 0.356 e. The minimum Gasteiger partial charge on any atom is -0.464 e. The highest BCUT2D eigenvalue weighted by atomic mass is 31.2. The Morgan fingerprint density at radius 3 is 2.11 bits per heavy atom. The molecule has 7 nitrogen and oxygen atoms in total. The summed E-state index contributed by atoms with van der Waals surface area (Å²) < 4.78 is 36.4. The number of carbonyl (C=O) groups is 1. The number of esters is 1. The molecule has 0 aliphatic heterocycles. The van der Waals surface area contributed by atoms with Crippen LogP contribution in [0.4, 0.5) is 0 Å². The SMILES string of the molecule is CCOC(=O)COCOCP(=O)(OCC)OCC. The van der Waals surface area contributed by atoms with Gasteiger partial charge in [-0.3, -0.25) is 4.57 Å². The number of rotatable bonds is 11. The lowest BCUT2D eigenvalue weighted by Gasteiger charge is -2.16. The molecule has 0 spiro atoms. The van der Waals surface area contributed by atoms with Gasteiger partial charge in [-0.25, -0.2) is 4.79 Å². The van der Waals surface area contributed by atoms with Crippen LogP contribution in [0.2, 0.25) is 0 Å². The second-order valence-electron chi connectivity index (χ2n) is 3.05. The summed E-state index contributed by atoms with van der Waals surface area (Å²) in [6.45, 7) is 5.58. The number of hydrogen-bond donors (Lipinski definition) is 0. The largest absolute Gasteiger partial charge is 0.464 e. The van der Waals surface area contributed by atoms with E-state index in [1.807, 2.05) is 0 Å². The molecule has 0 aromatic heterocycles. The van der Waals surface area contributed by atoms with Crippen molar-refractivity contribution in [3.8, 4) is 0 Å². The molecule has 0 aromatic carbocycles. The Hall–Kier alpha value is -0.460. The van der Waals surface area contributed by atoms with Gasteiger partial charge >= 0.3 is 13.6 Å². The smallest absolute Gasteiger partial charge is 0.356 e. The zero-order chi connectivity index (χ0) is 13.9. The van der Waals surface area contributed by atoms with Crippen molar-refractivity contribution in [1.29, 1.82) is 0 Å². The Morgan fingerprint density at radius 2 is 1.61 bits per heavy atom. The molecule has 18 heavy (non-hydrogen) atoms. The van der Waals surface area contributed by atoms with E-state index >= 15 is 0 Å². The van der Waals surface area contributed by atoms with Gasteiger partial charge in [0.25, 0.3) is 0 Å². The molecule has 108 valence electrons. The molecule has 0 fully saturated rings. The molecule has 8 heteroatoms. The summed E-state index contributed by atoms with van der Waals surface area (Å²) in [6, 6.07) is 0. The van der Waals surface area contributed by atoms with Crippen LogP contribution >= 0.6 is 7.60 Å². The molecule has 0 radical (unpaired) electrons. The molecule has 0 aliphatic carbocycles. The summed E-state index contributed by atoms with van der Waals surface area (Å²) >= 11 is 0. The topological polar surface area (TPSA) is 80.3 Å². The Kier molecular flexibility index (Phi) is 10.2. The minimum atomic E-state index is -3.21. The van der Waals surface area contributed by atoms with Crippen LogP contribution in [0.15, 0.2) is 0 Å². The first-order chi connectivity index (χ1) is 8.58. The van der Waals surface area contributed by atoms with Gasteiger partial charge in [0.15, 0.2) is 6.35 Å². The van der Waals surface area contributed by atoms with E-state index in [9.17, 15) is 9.36 Å². The molecular weight excluding hydrogens is 263 g/mol. The summed E-state index contributed by atoms with van der Waals surface area (Å²) in [5.74, 6) is -0.473. The number of hydrogen-bond acceptors (Lipinski definition) is 7. The fraction of sp³-hybridized carbons (Fsp3) is 0.900. The van der Waals surface area contributed by atoms with Crippen molar-refractivity contribution in [2.24, 2.45) is 0 Å². The number of carbonyl (C=O) groups excluding carboxylic acids is 1. The average molecular weight is 284 g/mol. The predicted molar refractivity (Wildman–Crippen MR) is 64.3 cm³/mol. The van der Waals surface area contributed by atoms with Crippen LogP contribution in [0.5, 0.6) is 0 Å². The van der Waals surface area contributed by atoms with Crippen molar-refractivity contribution in [1.82, 2.24) is 0 Å². The van der Waals surface area contributed by atoms with Crippen LogP contribution in [0.3, 0.4) is 0 Å². The Bertz CT molecular complexity index is 259. The lowest BCUT2D eigenvalue weighted by molar-refractivity contribution is -0.153. The van der Waals surface area contributed by atoms with Crippen molar-refractivity contribution in [2.45, 2.75) is 20.8 Å². The monoisotopic (exact) mass is 284 g/mol. The van der Waals surface area contributed by atoms with Crippen LogP contribution in [-0.2, 0) is 32.6 Å². The standard InChI is InChI=1S/C10H21O7P/c1-4-15-10(11)7-13-8-14-9-18(12,16-5-2)17-6-3/h4-9H2,1-3H3. The lowest BCUT2D eigenvalue weighted by atomic mass is 10.7. The zero-order valence-corrected chi connectivity index (χ0v) is 11.9. The molecule has 0 N–H and O–H groups in total. The molecule has 0 saturated carbocycles. The quantitative estimate of drug-likeness (QED) is 0.247. The second kappa shape index (κ2) is 10.5. The molecule has 0 amide bonds. The van der Waals surface area contributed by atoms with Gasteiger partial charge in [-0.1, -0.05) is 0 Å². The second-order valence-corrected chi connectivity index (χ2v) is 5.05. The number of ether oxygens (including phenoxy) is 3.